The third-order valence-electron chi connectivity index (χ3n) is 6.23. The average Bonchev–Trinajstić information content (AvgIpc) is 3.39. The summed E-state index contributed by atoms with van der Waals surface area (Å²) in [5.41, 5.74) is 5.71. The maximum Gasteiger partial charge on any atom is 0.347 e. The molecule has 0 radical (unpaired) electrons. The Balaban J connectivity index is 1.47. The minimum absolute atomic E-state index is 0.139. The molecule has 0 spiro atoms. The molecule has 0 aliphatic heterocycles. The second-order valence-electron chi connectivity index (χ2n) is 8.82. The Morgan fingerprint density at radius 2 is 1.83 bits per heavy atom. The number of benzene rings is 4. The van der Waals surface area contributed by atoms with Gasteiger partial charge in [-0.15, -0.1) is 0 Å². The van der Waals surface area contributed by atoms with Crippen LogP contribution in [0.5, 0.6) is 11.5 Å². The van der Waals surface area contributed by atoms with Crippen LogP contribution < -0.4 is 14.9 Å². The van der Waals surface area contributed by atoms with Gasteiger partial charge < -0.3 is 14.5 Å². The summed E-state index contributed by atoms with van der Waals surface area (Å²) in [6, 6.07) is 24.9. The van der Waals surface area contributed by atoms with Gasteiger partial charge in [-0.1, -0.05) is 70.0 Å². The quantitative estimate of drug-likeness (QED) is 0.0774. The number of esters is 1. The Morgan fingerprint density at radius 3 is 2.57 bits per heavy atom. The lowest BCUT2D eigenvalue weighted by molar-refractivity contribution is 0.0729. The van der Waals surface area contributed by atoms with E-state index in [0.717, 1.165) is 10.9 Å². The molecule has 0 saturated carbocycles. The number of aromatic amines is 1. The van der Waals surface area contributed by atoms with E-state index in [0.29, 0.717) is 41.9 Å². The summed E-state index contributed by atoms with van der Waals surface area (Å²) in [5.74, 6) is -0.763. The monoisotopic (exact) mass is 704 g/mol. The molecule has 0 unspecified atom stereocenters. The first-order valence-corrected chi connectivity index (χ1v) is 14.3. The van der Waals surface area contributed by atoms with Gasteiger partial charge >= 0.3 is 5.97 Å². The molecule has 0 fully saturated rings. The number of para-hydroxylation sites is 1. The summed E-state index contributed by atoms with van der Waals surface area (Å²) in [4.78, 5) is 29.6. The zero-order valence-corrected chi connectivity index (χ0v) is 25.7. The van der Waals surface area contributed by atoms with Crippen molar-refractivity contribution in [2.75, 3.05) is 7.11 Å². The number of hydrazone groups is 1. The number of nitriles is 1. The minimum atomic E-state index is -0.699. The molecule has 0 aliphatic carbocycles. The van der Waals surface area contributed by atoms with Crippen molar-refractivity contribution in [2.45, 2.75) is 0 Å². The van der Waals surface area contributed by atoms with Crippen LogP contribution in [0.1, 0.15) is 32.0 Å². The van der Waals surface area contributed by atoms with Crippen molar-refractivity contribution in [3.8, 4) is 28.7 Å². The SMILES string of the molecule is COc1ccc(Cl)cc1C(=O)Oc1c(Br)cc(Br)cc1C=NNC(=O)c1[nH]c2c(C#N)cccc2c1-c1ccccc1. The zero-order valence-electron chi connectivity index (χ0n) is 21.7. The summed E-state index contributed by atoms with van der Waals surface area (Å²) in [5, 5.41) is 14.8. The molecule has 0 aliphatic rings. The number of methoxy groups -OCH3 is 1. The number of nitrogens with one attached hydrogen (secondary N) is 2. The molecule has 208 valence electrons. The molecule has 11 heteroatoms. The maximum atomic E-state index is 13.4. The zero-order chi connectivity index (χ0) is 29.8. The van der Waals surface area contributed by atoms with Gasteiger partial charge in [-0.25, -0.2) is 10.2 Å². The highest BCUT2D eigenvalue weighted by molar-refractivity contribution is 9.11. The van der Waals surface area contributed by atoms with Crippen molar-refractivity contribution in [3.05, 3.63) is 115 Å². The van der Waals surface area contributed by atoms with Crippen molar-refractivity contribution in [1.29, 1.82) is 5.26 Å². The molecule has 0 bridgehead atoms. The van der Waals surface area contributed by atoms with Crippen LogP contribution in [0.4, 0.5) is 0 Å². The summed E-state index contributed by atoms with van der Waals surface area (Å²) in [6.07, 6.45) is 1.36. The number of ether oxygens (including phenoxy) is 2. The number of nitrogens with zero attached hydrogens (tertiary/aromatic N) is 2. The molecule has 0 saturated heterocycles. The largest absolute Gasteiger partial charge is 0.496 e. The van der Waals surface area contributed by atoms with Gasteiger partial charge in [0.05, 0.1) is 28.9 Å². The first-order valence-electron chi connectivity index (χ1n) is 12.3. The Morgan fingerprint density at radius 1 is 1.05 bits per heavy atom. The van der Waals surface area contributed by atoms with Crippen molar-refractivity contribution in [3.63, 3.8) is 0 Å². The van der Waals surface area contributed by atoms with Crippen LogP contribution in [0.15, 0.2) is 92.9 Å². The summed E-state index contributed by atoms with van der Waals surface area (Å²) < 4.78 is 12.1. The predicted molar refractivity (Wildman–Crippen MR) is 168 cm³/mol. The minimum Gasteiger partial charge on any atom is -0.496 e. The molecule has 8 nitrogen and oxygen atoms in total. The Labute approximate surface area is 262 Å². The van der Waals surface area contributed by atoms with Crippen LogP contribution in [0, 0.1) is 11.3 Å². The van der Waals surface area contributed by atoms with Crippen LogP contribution in [0.2, 0.25) is 5.02 Å². The number of hydrogen-bond donors (Lipinski definition) is 2. The molecule has 0 atom stereocenters. The fourth-order valence-corrected chi connectivity index (χ4v) is 5.88. The molecule has 1 heterocycles. The number of hydrogen-bond acceptors (Lipinski definition) is 6. The van der Waals surface area contributed by atoms with Crippen molar-refractivity contribution < 1.29 is 19.1 Å². The average molecular weight is 707 g/mol. The summed E-state index contributed by atoms with van der Waals surface area (Å²) in [6.45, 7) is 0. The Hall–Kier alpha value is -4.43. The standard InChI is InChI=1S/C31H19Br2ClN4O4/c1-41-25-11-10-21(34)14-23(25)31(40)42-29-19(12-20(32)13-24(29)33)16-36-38-30(39)28-26(17-6-3-2-4-7-17)22-9-5-8-18(15-35)27(22)37-28/h2-14,16,37H,1H3,(H,38,39). The van der Waals surface area contributed by atoms with Crippen LogP contribution >= 0.6 is 43.5 Å². The normalized spacial score (nSPS) is 10.9. The van der Waals surface area contributed by atoms with Gasteiger partial charge in [0.25, 0.3) is 5.91 Å². The molecule has 1 amide bonds. The van der Waals surface area contributed by atoms with E-state index in [1.807, 2.05) is 36.4 Å². The van der Waals surface area contributed by atoms with E-state index in [1.165, 1.54) is 19.4 Å². The molecule has 4 aromatic carbocycles. The molecule has 42 heavy (non-hydrogen) atoms. The smallest absolute Gasteiger partial charge is 0.347 e. The fraction of sp³-hybridized carbons (Fsp3) is 0.0323. The van der Waals surface area contributed by atoms with E-state index in [1.54, 1.807) is 36.4 Å². The second-order valence-corrected chi connectivity index (χ2v) is 11.0. The third-order valence-corrected chi connectivity index (χ3v) is 7.51. The van der Waals surface area contributed by atoms with E-state index < -0.39 is 11.9 Å². The van der Waals surface area contributed by atoms with Gasteiger partial charge in [-0.2, -0.15) is 10.4 Å². The topological polar surface area (TPSA) is 117 Å². The summed E-state index contributed by atoms with van der Waals surface area (Å²) in [7, 11) is 1.44. The molecule has 5 rings (SSSR count). The molecule has 5 aromatic rings. The van der Waals surface area contributed by atoms with E-state index in [-0.39, 0.29) is 17.0 Å². The number of aromatic nitrogens is 1. The molecule has 1 aromatic heterocycles. The highest BCUT2D eigenvalue weighted by Gasteiger charge is 2.22. The van der Waals surface area contributed by atoms with E-state index in [4.69, 9.17) is 21.1 Å². The number of rotatable bonds is 7. The van der Waals surface area contributed by atoms with Crippen LogP contribution in [-0.2, 0) is 0 Å². The van der Waals surface area contributed by atoms with Crippen LogP contribution in [-0.4, -0.2) is 30.2 Å². The second kappa shape index (κ2) is 12.6. The molecular weight excluding hydrogens is 688 g/mol. The molecule has 2 N–H and O–H groups in total. The van der Waals surface area contributed by atoms with E-state index in [2.05, 4.69) is 53.4 Å². The highest BCUT2D eigenvalue weighted by atomic mass is 79.9. The third kappa shape index (κ3) is 5.94. The predicted octanol–water partition coefficient (Wildman–Crippen LogP) is 7.88. The van der Waals surface area contributed by atoms with Gasteiger partial charge in [0, 0.05) is 26.0 Å². The number of fused-ring (bicyclic) bond motifs is 1. The van der Waals surface area contributed by atoms with Crippen LogP contribution in [0.3, 0.4) is 0 Å². The van der Waals surface area contributed by atoms with Crippen molar-refractivity contribution in [2.24, 2.45) is 5.10 Å². The number of amides is 1. The number of H-pyrrole nitrogens is 1. The maximum absolute atomic E-state index is 13.4. The van der Waals surface area contributed by atoms with Gasteiger partial charge in [-0.3, -0.25) is 4.79 Å². The van der Waals surface area contributed by atoms with Gasteiger partial charge in [0.2, 0.25) is 0 Å². The van der Waals surface area contributed by atoms with Crippen molar-refractivity contribution in [1.82, 2.24) is 10.4 Å². The number of carbonyl (C=O) groups excluding carboxylic acids is 2. The lowest BCUT2D eigenvalue weighted by Crippen LogP contribution is -2.19. The lowest BCUT2D eigenvalue weighted by atomic mass is 10.0. The Kier molecular flexibility index (Phi) is 8.73. The van der Waals surface area contributed by atoms with E-state index >= 15 is 0 Å². The van der Waals surface area contributed by atoms with Crippen molar-refractivity contribution >= 4 is 72.5 Å². The van der Waals surface area contributed by atoms with Gasteiger partial charge in [0.1, 0.15) is 23.1 Å². The highest BCUT2D eigenvalue weighted by Crippen LogP contribution is 2.35. The van der Waals surface area contributed by atoms with Gasteiger partial charge in [0.15, 0.2) is 5.75 Å². The fourth-order valence-electron chi connectivity index (χ4n) is 4.37. The summed E-state index contributed by atoms with van der Waals surface area (Å²) >= 11 is 12.9. The molecular formula is C31H19Br2ClN4O4. The lowest BCUT2D eigenvalue weighted by Gasteiger charge is -2.12. The van der Waals surface area contributed by atoms with E-state index in [9.17, 15) is 14.9 Å². The Bertz CT molecular complexity index is 1920. The first kappa shape index (κ1) is 29.1. The first-order chi connectivity index (χ1) is 20.3. The van der Waals surface area contributed by atoms with Gasteiger partial charge in [-0.05, 0) is 57.9 Å². The number of carbonyl (C=O) groups is 2. The van der Waals surface area contributed by atoms with Crippen LogP contribution in [0.25, 0.3) is 22.0 Å². The number of halogens is 3.